The smallest absolute Gasteiger partial charge is 0.142 e. The van der Waals surface area contributed by atoms with Gasteiger partial charge in [-0.2, -0.15) is 0 Å². The van der Waals surface area contributed by atoms with Gasteiger partial charge in [-0.1, -0.05) is 30.3 Å². The number of aliphatic hydroxyl groups excluding tert-OH is 1. The van der Waals surface area contributed by atoms with Gasteiger partial charge in [0, 0.05) is 44.6 Å². The van der Waals surface area contributed by atoms with Crippen LogP contribution in [0.1, 0.15) is 24.0 Å². The minimum Gasteiger partial charge on any atom is -0.491 e. The maximum absolute atomic E-state index is 12.0. The molecule has 0 radical (unpaired) electrons. The van der Waals surface area contributed by atoms with Crippen molar-refractivity contribution >= 4 is 17.7 Å². The zero-order chi connectivity index (χ0) is 24.5. The molecule has 0 aromatic heterocycles. The number of aryl methyl sites for hydroxylation is 1. The molecule has 0 aliphatic carbocycles. The number of aliphatic hydroxyl groups is 1. The van der Waals surface area contributed by atoms with E-state index in [1.807, 2.05) is 43.3 Å². The Balaban J connectivity index is 1.44. The van der Waals surface area contributed by atoms with E-state index in [9.17, 15) is 9.90 Å². The Morgan fingerprint density at radius 3 is 2.41 bits per heavy atom. The zero-order valence-corrected chi connectivity index (χ0v) is 20.9. The molecule has 2 aromatic carbocycles. The Hall–Kier alpha value is -2.74. The molecule has 0 amide bonds. The molecule has 1 aliphatic heterocycles. The van der Waals surface area contributed by atoms with Gasteiger partial charge in [-0.25, -0.2) is 0 Å². The highest BCUT2D eigenvalue weighted by atomic mass is 16.5. The summed E-state index contributed by atoms with van der Waals surface area (Å²) in [5, 5.41) is 10.5. The molecule has 1 heterocycles. The maximum Gasteiger partial charge on any atom is 0.142 e. The minimum absolute atomic E-state index is 0.0501. The minimum atomic E-state index is -0.562. The van der Waals surface area contributed by atoms with Crippen molar-refractivity contribution in [2.45, 2.75) is 25.9 Å². The summed E-state index contributed by atoms with van der Waals surface area (Å²) in [5.41, 5.74) is 3.48. The molecule has 1 saturated heterocycles. The number of β-amino-alcohol motifs (C(OH)–C–C–N with tert-alkyl or cyclic N) is 1. The third kappa shape index (κ3) is 7.65. The van der Waals surface area contributed by atoms with Crippen molar-refractivity contribution in [1.82, 2.24) is 9.80 Å². The first-order valence-corrected chi connectivity index (χ1v) is 11.9. The van der Waals surface area contributed by atoms with Crippen LogP contribution in [0.3, 0.4) is 0 Å². The van der Waals surface area contributed by atoms with Gasteiger partial charge in [-0.3, -0.25) is 19.6 Å². The number of piperazine rings is 1. The molecule has 7 heteroatoms. The van der Waals surface area contributed by atoms with Crippen molar-refractivity contribution in [3.8, 4) is 5.75 Å². The summed E-state index contributed by atoms with van der Waals surface area (Å²) in [6.45, 7) is 8.84. The molecule has 184 valence electrons. The standard InChI is InChI=1S/C27H38N4O3/c1-21-7-5-6-8-27(21)31-15-13-30(14-16-31)18-24(33)19-34-25-11-9-23(10-12-25)26(22(2)32)17-28-20-29(3)4/h5-12,17,24,26,33H,13-16,18-20H2,1-4H3. The number of benzene rings is 2. The van der Waals surface area contributed by atoms with Crippen LogP contribution >= 0.6 is 0 Å². The van der Waals surface area contributed by atoms with Crippen molar-refractivity contribution in [2.75, 3.05) is 65.0 Å². The van der Waals surface area contributed by atoms with Crippen molar-refractivity contribution in [2.24, 2.45) is 4.99 Å². The van der Waals surface area contributed by atoms with Crippen LogP contribution in [0, 0.1) is 6.92 Å². The number of rotatable bonds is 11. The topological polar surface area (TPSA) is 68.6 Å². The lowest BCUT2D eigenvalue weighted by atomic mass is 9.96. The highest BCUT2D eigenvalue weighted by Gasteiger charge is 2.20. The van der Waals surface area contributed by atoms with E-state index in [2.05, 4.69) is 46.0 Å². The van der Waals surface area contributed by atoms with E-state index < -0.39 is 6.10 Å². The molecule has 0 spiro atoms. The first kappa shape index (κ1) is 25.9. The second-order valence-corrected chi connectivity index (χ2v) is 9.25. The number of para-hydroxylation sites is 1. The average Bonchev–Trinajstić information content (AvgIpc) is 2.81. The number of hydrogen-bond donors (Lipinski definition) is 1. The SMILES string of the molecule is CC(=O)C(C=NCN(C)C)c1ccc(OCC(O)CN2CCN(c3ccccc3C)CC2)cc1. The van der Waals surface area contributed by atoms with Crippen molar-refractivity contribution < 1.29 is 14.6 Å². The van der Waals surface area contributed by atoms with Crippen LogP contribution in [-0.2, 0) is 4.79 Å². The second-order valence-electron chi connectivity index (χ2n) is 9.25. The van der Waals surface area contributed by atoms with Gasteiger partial charge in [0.25, 0.3) is 0 Å². The van der Waals surface area contributed by atoms with E-state index in [-0.39, 0.29) is 18.3 Å². The molecule has 2 unspecified atom stereocenters. The van der Waals surface area contributed by atoms with Crippen molar-refractivity contribution in [3.63, 3.8) is 0 Å². The highest BCUT2D eigenvalue weighted by Crippen LogP contribution is 2.22. The first-order valence-electron chi connectivity index (χ1n) is 11.9. The summed E-state index contributed by atoms with van der Waals surface area (Å²) in [7, 11) is 3.87. The lowest BCUT2D eigenvalue weighted by Gasteiger charge is -2.37. The van der Waals surface area contributed by atoms with E-state index in [1.165, 1.54) is 11.3 Å². The number of aliphatic imine (C=N–C) groups is 1. The molecule has 2 aromatic rings. The van der Waals surface area contributed by atoms with E-state index in [4.69, 9.17) is 4.74 Å². The van der Waals surface area contributed by atoms with Gasteiger partial charge in [0.05, 0.1) is 12.6 Å². The summed E-state index contributed by atoms with van der Waals surface area (Å²) < 4.78 is 5.81. The number of ketones is 1. The van der Waals surface area contributed by atoms with E-state index >= 15 is 0 Å². The van der Waals surface area contributed by atoms with Gasteiger partial charge in [-0.05, 0) is 57.3 Å². The molecule has 1 N–H and O–H groups in total. The zero-order valence-electron chi connectivity index (χ0n) is 20.9. The number of Topliss-reactive ketones (excluding diaryl/α,β-unsaturated/α-hetero) is 1. The molecule has 2 atom stereocenters. The highest BCUT2D eigenvalue weighted by molar-refractivity contribution is 5.99. The molecule has 0 saturated carbocycles. The van der Waals surface area contributed by atoms with Gasteiger partial charge in [0.1, 0.15) is 24.2 Å². The maximum atomic E-state index is 12.0. The number of nitrogens with zero attached hydrogens (tertiary/aromatic N) is 4. The summed E-state index contributed by atoms with van der Waals surface area (Å²) >= 11 is 0. The lowest BCUT2D eigenvalue weighted by Crippen LogP contribution is -2.49. The van der Waals surface area contributed by atoms with E-state index in [0.29, 0.717) is 19.0 Å². The number of anilines is 1. The molecule has 1 fully saturated rings. The summed E-state index contributed by atoms with van der Waals surface area (Å²) in [6.07, 6.45) is 1.15. The quantitative estimate of drug-likeness (QED) is 0.514. The average molecular weight is 467 g/mol. The van der Waals surface area contributed by atoms with Gasteiger partial charge in [0.15, 0.2) is 0 Å². The van der Waals surface area contributed by atoms with Crippen LogP contribution in [-0.4, -0.2) is 93.1 Å². The molecule has 3 rings (SSSR count). The molecular weight excluding hydrogens is 428 g/mol. The largest absolute Gasteiger partial charge is 0.491 e. The van der Waals surface area contributed by atoms with E-state index in [1.54, 1.807) is 13.1 Å². The van der Waals surface area contributed by atoms with E-state index in [0.717, 1.165) is 31.7 Å². The Labute approximate surface area is 203 Å². The fourth-order valence-electron chi connectivity index (χ4n) is 4.15. The summed E-state index contributed by atoms with van der Waals surface area (Å²) in [4.78, 5) is 23.0. The fraction of sp³-hybridized carbons (Fsp3) is 0.481. The molecule has 1 aliphatic rings. The molecule has 34 heavy (non-hydrogen) atoms. The Morgan fingerprint density at radius 2 is 1.79 bits per heavy atom. The van der Waals surface area contributed by atoms with Crippen LogP contribution < -0.4 is 9.64 Å². The van der Waals surface area contributed by atoms with Crippen LogP contribution in [0.5, 0.6) is 5.75 Å². The Bertz CT molecular complexity index is 937. The predicted molar refractivity (Wildman–Crippen MR) is 138 cm³/mol. The van der Waals surface area contributed by atoms with Gasteiger partial charge < -0.3 is 14.7 Å². The molecule has 7 nitrogen and oxygen atoms in total. The van der Waals surface area contributed by atoms with Crippen molar-refractivity contribution in [3.05, 3.63) is 59.7 Å². The third-order valence-corrected chi connectivity index (χ3v) is 6.04. The van der Waals surface area contributed by atoms with Gasteiger partial charge in [0.2, 0.25) is 0 Å². The number of hydrogen-bond acceptors (Lipinski definition) is 7. The first-order chi connectivity index (χ1) is 16.3. The second kappa shape index (κ2) is 12.6. The number of ether oxygens (including phenoxy) is 1. The third-order valence-electron chi connectivity index (χ3n) is 6.04. The summed E-state index contributed by atoms with van der Waals surface area (Å²) in [6, 6.07) is 15.9. The summed E-state index contributed by atoms with van der Waals surface area (Å²) in [5.74, 6) is 0.367. The van der Waals surface area contributed by atoms with Crippen LogP contribution in [0.15, 0.2) is 53.5 Å². The van der Waals surface area contributed by atoms with Gasteiger partial charge >= 0.3 is 0 Å². The van der Waals surface area contributed by atoms with Crippen LogP contribution in [0.25, 0.3) is 0 Å². The van der Waals surface area contributed by atoms with Gasteiger partial charge in [-0.15, -0.1) is 0 Å². The van der Waals surface area contributed by atoms with Crippen LogP contribution in [0.2, 0.25) is 0 Å². The predicted octanol–water partition coefficient (Wildman–Crippen LogP) is 2.82. The normalized spacial score (nSPS) is 16.7. The lowest BCUT2D eigenvalue weighted by molar-refractivity contribution is -0.116. The number of carbonyl (C=O) groups excluding carboxylic acids is 1. The Kier molecular flexibility index (Phi) is 9.62. The van der Waals surface area contributed by atoms with Crippen molar-refractivity contribution in [1.29, 1.82) is 0 Å². The van der Waals surface area contributed by atoms with Crippen LogP contribution in [0.4, 0.5) is 5.69 Å². The molecular formula is C27H38N4O3. The Morgan fingerprint density at radius 1 is 1.12 bits per heavy atom. The monoisotopic (exact) mass is 466 g/mol. The fourth-order valence-corrected chi connectivity index (χ4v) is 4.15. The number of carbonyl (C=O) groups is 1. The molecule has 0 bridgehead atoms.